The number of hydrogen-bond donors (Lipinski definition) is 2. The number of ether oxygens (including phenoxy) is 2. The molecule has 0 spiro atoms. The molecular weight excluding hydrogens is 431 g/mol. The van der Waals surface area contributed by atoms with Gasteiger partial charge in [-0.3, -0.25) is 9.69 Å². The van der Waals surface area contributed by atoms with Crippen molar-refractivity contribution < 1.29 is 33.7 Å². The number of halogens is 1. The maximum atomic E-state index is 14.7. The predicted molar refractivity (Wildman–Crippen MR) is 120 cm³/mol. The van der Waals surface area contributed by atoms with E-state index in [9.17, 15) is 24.2 Å². The highest BCUT2D eigenvalue weighted by molar-refractivity contribution is 5.94. The van der Waals surface area contributed by atoms with E-state index in [0.29, 0.717) is 49.7 Å². The highest BCUT2D eigenvalue weighted by Crippen LogP contribution is 2.29. The molecule has 0 radical (unpaired) electrons. The molecule has 174 valence electrons. The Balaban J connectivity index is 1.31. The number of ketones is 1. The highest BCUT2D eigenvalue weighted by Gasteiger charge is 2.33. The van der Waals surface area contributed by atoms with Gasteiger partial charge < -0.3 is 24.6 Å². The largest absolute Gasteiger partial charge is 0.504 e. The Morgan fingerprint density at radius 1 is 1.12 bits per heavy atom. The van der Waals surface area contributed by atoms with Gasteiger partial charge in [-0.2, -0.15) is 0 Å². The van der Waals surface area contributed by atoms with Gasteiger partial charge >= 0.3 is 6.09 Å². The van der Waals surface area contributed by atoms with Gasteiger partial charge in [0.15, 0.2) is 17.3 Å². The molecule has 0 aromatic heterocycles. The topological polar surface area (TPSA) is 99.5 Å². The molecule has 1 atom stereocenters. The van der Waals surface area contributed by atoms with Crippen LogP contribution in [0.2, 0.25) is 0 Å². The van der Waals surface area contributed by atoms with Crippen LogP contribution in [0.1, 0.15) is 18.4 Å². The van der Waals surface area contributed by atoms with Crippen LogP contribution in [0.15, 0.2) is 42.5 Å². The number of nitrogens with zero attached hydrogens (tertiary/aromatic N) is 2. The van der Waals surface area contributed by atoms with Crippen molar-refractivity contribution in [3.63, 3.8) is 0 Å². The fraction of sp³-hybridized carbons (Fsp3) is 0.333. The van der Waals surface area contributed by atoms with Gasteiger partial charge in [-0.1, -0.05) is 12.1 Å². The summed E-state index contributed by atoms with van der Waals surface area (Å²) in [6, 6.07) is 8.93. The number of rotatable bonds is 7. The quantitative estimate of drug-likeness (QED) is 0.486. The number of amides is 1. The van der Waals surface area contributed by atoms with Crippen LogP contribution in [0.25, 0.3) is 6.08 Å². The molecule has 2 aromatic carbocycles. The summed E-state index contributed by atoms with van der Waals surface area (Å²) < 4.78 is 25.3. The Bertz CT molecular complexity index is 1070. The number of phenols is 2. The molecule has 0 aliphatic carbocycles. The molecule has 2 aromatic rings. The van der Waals surface area contributed by atoms with Crippen molar-refractivity contribution >= 4 is 29.3 Å². The summed E-state index contributed by atoms with van der Waals surface area (Å²) in [5, 5.41) is 18.8. The van der Waals surface area contributed by atoms with Gasteiger partial charge in [-0.25, -0.2) is 9.18 Å². The van der Waals surface area contributed by atoms with E-state index in [1.807, 2.05) is 4.90 Å². The molecule has 4 rings (SSSR count). The van der Waals surface area contributed by atoms with Crippen LogP contribution in [0, 0.1) is 5.82 Å². The lowest BCUT2D eigenvalue weighted by molar-refractivity contribution is -0.115. The zero-order valence-electron chi connectivity index (χ0n) is 17.9. The third-order valence-corrected chi connectivity index (χ3v) is 5.64. The molecule has 1 amide bonds. The Hall–Kier alpha value is -3.59. The van der Waals surface area contributed by atoms with E-state index in [1.165, 1.54) is 35.3 Å². The fourth-order valence-electron chi connectivity index (χ4n) is 3.83. The van der Waals surface area contributed by atoms with Gasteiger partial charge in [-0.15, -0.1) is 0 Å². The first-order chi connectivity index (χ1) is 15.9. The minimum Gasteiger partial charge on any atom is -0.504 e. The zero-order chi connectivity index (χ0) is 23.4. The van der Waals surface area contributed by atoms with Crippen molar-refractivity contribution in [2.24, 2.45) is 0 Å². The summed E-state index contributed by atoms with van der Waals surface area (Å²) in [7, 11) is 0. The number of aromatic hydroxyl groups is 2. The molecule has 2 fully saturated rings. The van der Waals surface area contributed by atoms with Crippen LogP contribution in [-0.2, 0) is 14.3 Å². The van der Waals surface area contributed by atoms with Gasteiger partial charge in [0.25, 0.3) is 0 Å². The van der Waals surface area contributed by atoms with E-state index in [2.05, 4.69) is 0 Å². The number of benzene rings is 2. The van der Waals surface area contributed by atoms with Crippen LogP contribution in [0.4, 0.5) is 20.6 Å². The second-order valence-electron chi connectivity index (χ2n) is 7.94. The Morgan fingerprint density at radius 2 is 1.91 bits per heavy atom. The van der Waals surface area contributed by atoms with E-state index in [-0.39, 0.29) is 30.2 Å². The van der Waals surface area contributed by atoms with Gasteiger partial charge in [0, 0.05) is 19.5 Å². The molecule has 33 heavy (non-hydrogen) atoms. The van der Waals surface area contributed by atoms with Gasteiger partial charge in [0.1, 0.15) is 11.9 Å². The molecule has 2 N–H and O–H groups in total. The summed E-state index contributed by atoms with van der Waals surface area (Å²) in [6.07, 6.45) is 2.36. The third kappa shape index (κ3) is 5.43. The monoisotopic (exact) mass is 456 g/mol. The van der Waals surface area contributed by atoms with Crippen molar-refractivity contribution in [2.45, 2.75) is 18.9 Å². The maximum Gasteiger partial charge on any atom is 0.414 e. The van der Waals surface area contributed by atoms with Crippen LogP contribution in [0.3, 0.4) is 0 Å². The predicted octanol–water partition coefficient (Wildman–Crippen LogP) is 3.46. The lowest BCUT2D eigenvalue weighted by Gasteiger charge is -2.29. The molecule has 2 saturated heterocycles. The molecular formula is C24H25FN2O6. The van der Waals surface area contributed by atoms with Crippen LogP contribution in [-0.4, -0.2) is 61.0 Å². The molecule has 9 heteroatoms. The van der Waals surface area contributed by atoms with Crippen LogP contribution >= 0.6 is 0 Å². The first-order valence-electron chi connectivity index (χ1n) is 10.7. The van der Waals surface area contributed by atoms with Crippen molar-refractivity contribution in [1.29, 1.82) is 0 Å². The van der Waals surface area contributed by atoms with Crippen LogP contribution < -0.4 is 9.80 Å². The van der Waals surface area contributed by atoms with E-state index in [4.69, 9.17) is 9.47 Å². The van der Waals surface area contributed by atoms with Crippen molar-refractivity contribution in [1.82, 2.24) is 0 Å². The van der Waals surface area contributed by atoms with Gasteiger partial charge in [-0.05, 0) is 48.4 Å². The summed E-state index contributed by atoms with van der Waals surface area (Å²) in [5.41, 5.74) is 1.46. The number of carbonyl (C=O) groups is 2. The average Bonchev–Trinajstić information content (AvgIpc) is 3.19. The molecule has 0 saturated carbocycles. The molecule has 2 heterocycles. The second kappa shape index (κ2) is 9.91. The highest BCUT2D eigenvalue weighted by atomic mass is 19.1. The number of cyclic esters (lactones) is 1. The van der Waals surface area contributed by atoms with Gasteiger partial charge in [0.2, 0.25) is 0 Å². The third-order valence-electron chi connectivity index (χ3n) is 5.64. The van der Waals surface area contributed by atoms with Gasteiger partial charge in [0.05, 0.1) is 31.1 Å². The fourth-order valence-corrected chi connectivity index (χ4v) is 3.83. The molecule has 0 unspecified atom stereocenters. The number of morpholine rings is 1. The smallest absolute Gasteiger partial charge is 0.414 e. The summed E-state index contributed by atoms with van der Waals surface area (Å²) in [5.74, 6) is -1.08. The maximum absolute atomic E-state index is 14.7. The standard InChI is InChI=1S/C24H25FN2O6/c25-20-14-17(3-7-21(20)26-9-11-32-12-10-26)27-15-19(33-24(27)31)6-5-18(28)4-1-16-2-8-22(29)23(30)13-16/h1-4,7-8,13-14,19,29-30H,5-6,9-12,15H2/b4-1+/t19-/m0/s1. The van der Waals surface area contributed by atoms with E-state index in [0.717, 1.165) is 0 Å². The summed E-state index contributed by atoms with van der Waals surface area (Å²) in [6.45, 7) is 2.55. The van der Waals surface area contributed by atoms with Crippen LogP contribution in [0.5, 0.6) is 11.5 Å². The number of allylic oxidation sites excluding steroid dienone is 1. The Kier molecular flexibility index (Phi) is 6.79. The van der Waals surface area contributed by atoms with Crippen molar-refractivity contribution in [3.05, 3.63) is 53.9 Å². The van der Waals surface area contributed by atoms with Crippen molar-refractivity contribution in [3.8, 4) is 11.5 Å². The van der Waals surface area contributed by atoms with Crippen molar-refractivity contribution in [2.75, 3.05) is 42.6 Å². The van der Waals surface area contributed by atoms with E-state index < -0.39 is 18.0 Å². The lowest BCUT2D eigenvalue weighted by atomic mass is 10.1. The summed E-state index contributed by atoms with van der Waals surface area (Å²) >= 11 is 0. The number of carbonyl (C=O) groups excluding carboxylic acids is 2. The zero-order valence-corrected chi connectivity index (χ0v) is 17.9. The Labute approximate surface area is 190 Å². The number of anilines is 2. The molecule has 2 aliphatic heterocycles. The molecule has 8 nitrogen and oxygen atoms in total. The average molecular weight is 456 g/mol. The molecule has 2 aliphatic rings. The second-order valence-corrected chi connectivity index (χ2v) is 7.94. The normalized spacial score (nSPS) is 18.7. The minimum atomic E-state index is -0.568. The number of hydrogen-bond acceptors (Lipinski definition) is 7. The van der Waals surface area contributed by atoms with E-state index in [1.54, 1.807) is 18.2 Å². The first-order valence-corrected chi connectivity index (χ1v) is 10.7. The summed E-state index contributed by atoms with van der Waals surface area (Å²) in [4.78, 5) is 27.8. The first kappa shape index (κ1) is 22.6. The van der Waals surface area contributed by atoms with E-state index >= 15 is 0 Å². The number of phenolic OH excluding ortho intramolecular Hbond substituents is 2. The minimum absolute atomic E-state index is 0.163. The lowest BCUT2D eigenvalue weighted by Crippen LogP contribution is -2.36. The SMILES string of the molecule is O=C(/C=C/c1ccc(O)c(O)c1)CC[C@H]1CN(c2ccc(N3CCOCC3)c(F)c2)C(=O)O1. The molecule has 0 bridgehead atoms. The Morgan fingerprint density at radius 3 is 2.64 bits per heavy atom.